The maximum Gasteiger partial charge on any atom is 0.264 e. The van der Waals surface area contributed by atoms with E-state index in [-0.39, 0.29) is 17.4 Å². The molecule has 1 amide bonds. The van der Waals surface area contributed by atoms with Gasteiger partial charge in [0.2, 0.25) is 0 Å². The highest BCUT2D eigenvalue weighted by atomic mass is 35.5. The predicted molar refractivity (Wildman–Crippen MR) is 139 cm³/mol. The predicted octanol–water partition coefficient (Wildman–Crippen LogP) is 4.55. The van der Waals surface area contributed by atoms with Crippen LogP contribution >= 0.6 is 23.2 Å². The molecule has 0 saturated carbocycles. The first-order chi connectivity index (χ1) is 16.8. The summed E-state index contributed by atoms with van der Waals surface area (Å²) in [6.45, 7) is 2.46. The van der Waals surface area contributed by atoms with E-state index in [0.717, 1.165) is 5.69 Å². The first kappa shape index (κ1) is 25.2. The maximum atomic E-state index is 12.8. The van der Waals surface area contributed by atoms with Crippen LogP contribution in [0.1, 0.15) is 0 Å². The third-order valence-electron chi connectivity index (χ3n) is 5.86. The molecule has 1 heterocycles. The van der Waals surface area contributed by atoms with Crippen LogP contribution in [0.15, 0.2) is 77.7 Å². The Hall–Kier alpha value is -2.94. The highest BCUT2D eigenvalue weighted by molar-refractivity contribution is 7.92. The van der Waals surface area contributed by atoms with Crippen molar-refractivity contribution >= 4 is 50.5 Å². The van der Waals surface area contributed by atoms with Crippen molar-refractivity contribution in [2.45, 2.75) is 4.90 Å². The Morgan fingerprint density at radius 3 is 2.17 bits per heavy atom. The summed E-state index contributed by atoms with van der Waals surface area (Å²) in [6.07, 6.45) is 0. The van der Waals surface area contributed by atoms with E-state index in [1.54, 1.807) is 29.2 Å². The monoisotopic (exact) mass is 533 g/mol. The Morgan fingerprint density at radius 2 is 1.54 bits per heavy atom. The molecule has 35 heavy (non-hydrogen) atoms. The molecule has 0 aliphatic carbocycles. The van der Waals surface area contributed by atoms with E-state index in [1.807, 2.05) is 24.3 Å². The van der Waals surface area contributed by atoms with Crippen molar-refractivity contribution in [3.05, 3.63) is 82.8 Å². The molecular formula is C25H25Cl2N3O4S. The summed E-state index contributed by atoms with van der Waals surface area (Å²) in [7, 11) is -2.25. The fourth-order valence-electron chi connectivity index (χ4n) is 3.80. The van der Waals surface area contributed by atoms with Crippen LogP contribution < -0.4 is 13.9 Å². The quantitative estimate of drug-likeness (QED) is 0.445. The molecule has 0 spiro atoms. The van der Waals surface area contributed by atoms with Crippen molar-refractivity contribution in [3.8, 4) is 5.75 Å². The highest BCUT2D eigenvalue weighted by Gasteiger charge is 2.23. The molecule has 0 unspecified atom stereocenters. The van der Waals surface area contributed by atoms with E-state index in [1.165, 1.54) is 35.6 Å². The molecule has 1 fully saturated rings. The smallest absolute Gasteiger partial charge is 0.264 e. The highest BCUT2D eigenvalue weighted by Crippen LogP contribution is 2.27. The van der Waals surface area contributed by atoms with Crippen LogP contribution in [-0.2, 0) is 14.8 Å². The number of amides is 1. The van der Waals surface area contributed by atoms with Gasteiger partial charge >= 0.3 is 0 Å². The third kappa shape index (κ3) is 5.83. The number of anilines is 2. The number of ether oxygens (including phenoxy) is 1. The van der Waals surface area contributed by atoms with Gasteiger partial charge in [-0.15, -0.1) is 0 Å². The van der Waals surface area contributed by atoms with Crippen molar-refractivity contribution in [1.29, 1.82) is 0 Å². The second kappa shape index (κ2) is 10.8. The lowest BCUT2D eigenvalue weighted by Crippen LogP contribution is -2.50. The van der Waals surface area contributed by atoms with Gasteiger partial charge in [-0.3, -0.25) is 9.10 Å². The number of sulfonamides is 1. The number of rotatable bonds is 7. The second-order valence-electron chi connectivity index (χ2n) is 8.03. The minimum atomic E-state index is -3.73. The van der Waals surface area contributed by atoms with E-state index in [4.69, 9.17) is 27.9 Å². The summed E-state index contributed by atoms with van der Waals surface area (Å²) in [4.78, 5) is 16.7. The summed E-state index contributed by atoms with van der Waals surface area (Å²) < 4.78 is 32.5. The van der Waals surface area contributed by atoms with Crippen molar-refractivity contribution in [2.75, 3.05) is 49.0 Å². The fourth-order valence-corrected chi connectivity index (χ4v) is 5.37. The zero-order valence-corrected chi connectivity index (χ0v) is 21.4. The summed E-state index contributed by atoms with van der Waals surface area (Å²) in [5.41, 5.74) is 1.44. The van der Waals surface area contributed by atoms with Gasteiger partial charge in [0.15, 0.2) is 6.61 Å². The number of hydrogen-bond acceptors (Lipinski definition) is 5. The number of benzene rings is 3. The van der Waals surface area contributed by atoms with Crippen LogP contribution in [0, 0.1) is 0 Å². The molecule has 0 aromatic heterocycles. The molecule has 4 rings (SSSR count). The van der Waals surface area contributed by atoms with Crippen LogP contribution in [0.3, 0.4) is 0 Å². The lowest BCUT2D eigenvalue weighted by molar-refractivity contribution is -0.133. The van der Waals surface area contributed by atoms with Gasteiger partial charge in [-0.2, -0.15) is 0 Å². The minimum absolute atomic E-state index is 0.0929. The Morgan fingerprint density at radius 1 is 0.914 bits per heavy atom. The van der Waals surface area contributed by atoms with Gasteiger partial charge in [0.25, 0.3) is 15.9 Å². The van der Waals surface area contributed by atoms with E-state index < -0.39 is 10.0 Å². The van der Waals surface area contributed by atoms with Crippen LogP contribution in [-0.4, -0.2) is 59.1 Å². The van der Waals surface area contributed by atoms with Gasteiger partial charge in [0.1, 0.15) is 5.75 Å². The number of halogens is 2. The maximum absolute atomic E-state index is 12.8. The molecule has 3 aromatic rings. The molecule has 0 bridgehead atoms. The summed E-state index contributed by atoms with van der Waals surface area (Å²) in [5, 5.41) is 1.16. The minimum Gasteiger partial charge on any atom is -0.484 e. The van der Waals surface area contributed by atoms with Crippen molar-refractivity contribution in [3.63, 3.8) is 0 Å². The van der Waals surface area contributed by atoms with Crippen LogP contribution in [0.4, 0.5) is 11.4 Å². The standard InChI is InChI=1S/C25H25Cl2N3O4S/c1-28(35(32,33)22-12-6-19(26)7-13-22)20-8-10-21(11-9-20)34-18-25(31)30-16-14-29(15-17-30)24-5-3-2-4-23(24)27/h2-13H,14-18H2,1H3. The molecule has 0 radical (unpaired) electrons. The van der Waals surface area contributed by atoms with Gasteiger partial charge in [0.05, 0.1) is 21.3 Å². The number of carbonyl (C=O) groups is 1. The van der Waals surface area contributed by atoms with Gasteiger partial charge in [0, 0.05) is 38.2 Å². The van der Waals surface area contributed by atoms with Crippen molar-refractivity contribution < 1.29 is 17.9 Å². The molecule has 0 N–H and O–H groups in total. The van der Waals surface area contributed by atoms with E-state index in [2.05, 4.69) is 4.90 Å². The zero-order valence-electron chi connectivity index (χ0n) is 19.1. The molecule has 1 aliphatic rings. The van der Waals surface area contributed by atoms with Crippen molar-refractivity contribution in [1.82, 2.24) is 4.90 Å². The molecule has 3 aromatic carbocycles. The Bertz CT molecular complexity index is 1280. The van der Waals surface area contributed by atoms with Gasteiger partial charge in [-0.25, -0.2) is 8.42 Å². The van der Waals surface area contributed by atoms with Crippen LogP contribution in [0.2, 0.25) is 10.0 Å². The Balaban J connectivity index is 1.30. The lowest BCUT2D eigenvalue weighted by Gasteiger charge is -2.36. The van der Waals surface area contributed by atoms with E-state index in [9.17, 15) is 13.2 Å². The summed E-state index contributed by atoms with van der Waals surface area (Å²) in [5.74, 6) is 0.379. The molecule has 0 atom stereocenters. The topological polar surface area (TPSA) is 70.2 Å². The number of hydrogen-bond donors (Lipinski definition) is 0. The second-order valence-corrected chi connectivity index (χ2v) is 10.8. The van der Waals surface area contributed by atoms with Crippen molar-refractivity contribution in [2.24, 2.45) is 0 Å². The Labute approximate surface area is 215 Å². The molecule has 184 valence electrons. The lowest BCUT2D eigenvalue weighted by atomic mass is 10.2. The van der Waals surface area contributed by atoms with E-state index in [0.29, 0.717) is 47.7 Å². The summed E-state index contributed by atoms with van der Waals surface area (Å²) in [6, 6.07) is 20.2. The van der Waals surface area contributed by atoms with Crippen LogP contribution in [0.25, 0.3) is 0 Å². The Kier molecular flexibility index (Phi) is 7.74. The molecule has 10 heteroatoms. The first-order valence-corrected chi connectivity index (χ1v) is 13.2. The number of piperazine rings is 1. The van der Waals surface area contributed by atoms with E-state index >= 15 is 0 Å². The van der Waals surface area contributed by atoms with Gasteiger partial charge in [-0.1, -0.05) is 35.3 Å². The largest absolute Gasteiger partial charge is 0.484 e. The number of carbonyl (C=O) groups excluding carboxylic acids is 1. The summed E-state index contributed by atoms with van der Waals surface area (Å²) >= 11 is 12.1. The third-order valence-corrected chi connectivity index (χ3v) is 8.23. The normalized spacial score (nSPS) is 14.0. The van der Waals surface area contributed by atoms with Gasteiger partial charge in [-0.05, 0) is 60.7 Å². The fraction of sp³-hybridized carbons (Fsp3) is 0.240. The van der Waals surface area contributed by atoms with Crippen LogP contribution in [0.5, 0.6) is 5.75 Å². The molecule has 7 nitrogen and oxygen atoms in total. The molecule has 1 saturated heterocycles. The average molecular weight is 534 g/mol. The molecular weight excluding hydrogens is 509 g/mol. The first-order valence-electron chi connectivity index (χ1n) is 11.0. The molecule has 1 aliphatic heterocycles. The van der Waals surface area contributed by atoms with Gasteiger partial charge < -0.3 is 14.5 Å². The SMILES string of the molecule is CN(c1ccc(OCC(=O)N2CCN(c3ccccc3Cl)CC2)cc1)S(=O)(=O)c1ccc(Cl)cc1. The number of para-hydroxylation sites is 1. The average Bonchev–Trinajstić information content (AvgIpc) is 2.88. The number of nitrogens with zero attached hydrogens (tertiary/aromatic N) is 3. The zero-order chi connectivity index (χ0) is 25.0.